The van der Waals surface area contributed by atoms with Gasteiger partial charge in [-0.1, -0.05) is 12.1 Å². The highest BCUT2D eigenvalue weighted by Crippen LogP contribution is 2.38. The van der Waals surface area contributed by atoms with Gasteiger partial charge in [-0.15, -0.1) is 0 Å². The molecular formula is C17H14BrNO5S. The van der Waals surface area contributed by atoms with E-state index < -0.39 is 10.1 Å². The Kier molecular flexibility index (Phi) is 5.82. The van der Waals surface area contributed by atoms with Gasteiger partial charge in [0.15, 0.2) is 17.3 Å². The van der Waals surface area contributed by atoms with Crippen molar-refractivity contribution in [1.82, 2.24) is 0 Å². The number of hydrogen-bond donors (Lipinski definition) is 0. The van der Waals surface area contributed by atoms with E-state index >= 15 is 0 Å². The van der Waals surface area contributed by atoms with Crippen LogP contribution in [0.3, 0.4) is 0 Å². The number of ether oxygens (including phenoxy) is 1. The first kappa shape index (κ1) is 19.0. The topological polar surface area (TPSA) is 93.5 Å². The van der Waals surface area contributed by atoms with Crippen molar-refractivity contribution < 1.29 is 22.1 Å². The first-order valence-corrected chi connectivity index (χ1v) is 9.40. The summed E-state index contributed by atoms with van der Waals surface area (Å²) in [6, 6.07) is 10.2. The van der Waals surface area contributed by atoms with E-state index in [0.717, 1.165) is 0 Å². The molecule has 0 atom stereocenters. The molecule has 2 aromatic rings. The number of ketones is 1. The highest BCUT2D eigenvalue weighted by molar-refractivity contribution is 9.10. The molecule has 0 fully saturated rings. The molecule has 130 valence electrons. The summed E-state index contributed by atoms with van der Waals surface area (Å²) >= 11 is 3.20. The van der Waals surface area contributed by atoms with Gasteiger partial charge in [-0.2, -0.15) is 13.7 Å². The fraction of sp³-hybridized carbons (Fsp3) is 0.176. The van der Waals surface area contributed by atoms with Crippen LogP contribution in [0.25, 0.3) is 0 Å². The molecule has 6 nitrogen and oxygen atoms in total. The molecule has 0 N–H and O–H groups in total. The highest BCUT2D eigenvalue weighted by atomic mass is 79.9. The van der Waals surface area contributed by atoms with Crippen LogP contribution in [0.5, 0.6) is 11.5 Å². The van der Waals surface area contributed by atoms with Crippen molar-refractivity contribution in [2.24, 2.45) is 0 Å². The molecule has 2 rings (SSSR count). The number of carbonyl (C=O) groups excluding carboxylic acids is 1. The summed E-state index contributed by atoms with van der Waals surface area (Å²) in [7, 11) is -4.14. The van der Waals surface area contributed by atoms with E-state index in [1.165, 1.54) is 43.3 Å². The molecule has 0 saturated carbocycles. The van der Waals surface area contributed by atoms with Crippen molar-refractivity contribution in [3.05, 3.63) is 52.0 Å². The summed E-state index contributed by atoms with van der Waals surface area (Å²) in [5.74, 6) is -0.0767. The van der Waals surface area contributed by atoms with Crippen molar-refractivity contribution in [3.8, 4) is 17.6 Å². The first-order valence-electron chi connectivity index (χ1n) is 7.20. The lowest BCUT2D eigenvalue weighted by molar-refractivity contribution is 0.101. The van der Waals surface area contributed by atoms with Gasteiger partial charge in [0.25, 0.3) is 0 Å². The third-order valence-electron chi connectivity index (χ3n) is 3.18. The molecule has 0 radical (unpaired) electrons. The second-order valence-corrected chi connectivity index (χ2v) is 7.35. The Labute approximate surface area is 154 Å². The Morgan fingerprint density at radius 3 is 2.40 bits per heavy atom. The largest absolute Gasteiger partial charge is 0.490 e. The summed E-state index contributed by atoms with van der Waals surface area (Å²) in [6.07, 6.45) is 0. The zero-order valence-electron chi connectivity index (χ0n) is 13.4. The highest BCUT2D eigenvalue weighted by Gasteiger charge is 2.22. The summed E-state index contributed by atoms with van der Waals surface area (Å²) in [5.41, 5.74) is 0.694. The summed E-state index contributed by atoms with van der Waals surface area (Å²) in [4.78, 5) is 11.2. The van der Waals surface area contributed by atoms with Gasteiger partial charge in [0.05, 0.1) is 22.7 Å². The maximum Gasteiger partial charge on any atom is 0.339 e. The maximum absolute atomic E-state index is 12.5. The minimum Gasteiger partial charge on any atom is -0.490 e. The van der Waals surface area contributed by atoms with Crippen LogP contribution in [0.1, 0.15) is 29.8 Å². The smallest absolute Gasteiger partial charge is 0.339 e. The normalized spacial score (nSPS) is 10.8. The van der Waals surface area contributed by atoms with Gasteiger partial charge in [0.1, 0.15) is 4.90 Å². The molecule has 0 aliphatic rings. The third kappa shape index (κ3) is 4.38. The lowest BCUT2D eigenvalue weighted by Crippen LogP contribution is -2.11. The molecular weight excluding hydrogens is 410 g/mol. The van der Waals surface area contributed by atoms with Gasteiger partial charge in [-0.3, -0.25) is 4.79 Å². The summed E-state index contributed by atoms with van der Waals surface area (Å²) < 4.78 is 35.9. The predicted octanol–water partition coefficient (Wildman–Crippen LogP) is 3.69. The van der Waals surface area contributed by atoms with Crippen molar-refractivity contribution in [2.75, 3.05) is 6.61 Å². The Hall–Kier alpha value is -2.37. The fourth-order valence-electron chi connectivity index (χ4n) is 1.99. The molecule has 0 heterocycles. The number of Topliss-reactive ketones (excluding diaryl/α,β-unsaturated/α-hetero) is 1. The van der Waals surface area contributed by atoms with Gasteiger partial charge < -0.3 is 8.92 Å². The fourth-order valence-corrected chi connectivity index (χ4v) is 3.58. The van der Waals surface area contributed by atoms with Crippen molar-refractivity contribution in [3.63, 3.8) is 0 Å². The number of rotatable bonds is 6. The lowest BCUT2D eigenvalue weighted by atomic mass is 10.2. The van der Waals surface area contributed by atoms with Gasteiger partial charge in [0, 0.05) is 11.6 Å². The van der Waals surface area contributed by atoms with E-state index in [4.69, 9.17) is 14.2 Å². The van der Waals surface area contributed by atoms with Crippen LogP contribution < -0.4 is 8.92 Å². The van der Waals surface area contributed by atoms with Gasteiger partial charge in [0.2, 0.25) is 0 Å². The number of hydrogen-bond acceptors (Lipinski definition) is 6. The lowest BCUT2D eigenvalue weighted by Gasteiger charge is -2.14. The number of carbonyl (C=O) groups is 1. The first-order chi connectivity index (χ1) is 11.8. The van der Waals surface area contributed by atoms with Crippen LogP contribution in [-0.4, -0.2) is 20.8 Å². The number of halogens is 1. The standard InChI is InChI=1S/C17H14BrNO5S/c1-3-23-16-9-12(10-19)8-15(18)17(16)24-25(21,22)14-6-4-13(5-7-14)11(2)20/h4-9H,3H2,1-2H3. The molecule has 0 aliphatic heterocycles. The molecule has 0 aromatic heterocycles. The van der Waals surface area contributed by atoms with E-state index in [1.807, 2.05) is 6.07 Å². The summed E-state index contributed by atoms with van der Waals surface area (Å²) in [5, 5.41) is 9.01. The maximum atomic E-state index is 12.5. The Morgan fingerprint density at radius 1 is 1.24 bits per heavy atom. The van der Waals surface area contributed by atoms with E-state index in [9.17, 15) is 13.2 Å². The van der Waals surface area contributed by atoms with Crippen LogP contribution in [0.2, 0.25) is 0 Å². The molecule has 25 heavy (non-hydrogen) atoms. The van der Waals surface area contributed by atoms with Crippen LogP contribution in [0.4, 0.5) is 0 Å². The number of benzene rings is 2. The minimum absolute atomic E-state index is 0.0449. The zero-order chi connectivity index (χ0) is 18.6. The Morgan fingerprint density at radius 2 is 1.88 bits per heavy atom. The van der Waals surface area contributed by atoms with E-state index in [-0.39, 0.29) is 33.3 Å². The SMILES string of the molecule is CCOc1cc(C#N)cc(Br)c1OS(=O)(=O)c1ccc(C(C)=O)cc1. The quantitative estimate of drug-likeness (QED) is 0.519. The molecule has 0 spiro atoms. The van der Waals surface area contributed by atoms with E-state index in [0.29, 0.717) is 11.1 Å². The van der Waals surface area contributed by atoms with Crippen LogP contribution >= 0.6 is 15.9 Å². The molecule has 0 bridgehead atoms. The van der Waals surface area contributed by atoms with Crippen LogP contribution in [0.15, 0.2) is 45.8 Å². The predicted molar refractivity (Wildman–Crippen MR) is 94.3 cm³/mol. The number of nitriles is 1. The van der Waals surface area contributed by atoms with Crippen molar-refractivity contribution in [2.45, 2.75) is 18.7 Å². The average molecular weight is 424 g/mol. The Bertz CT molecular complexity index is 946. The van der Waals surface area contributed by atoms with Crippen LogP contribution in [-0.2, 0) is 10.1 Å². The molecule has 8 heteroatoms. The van der Waals surface area contributed by atoms with Crippen LogP contribution in [0, 0.1) is 11.3 Å². The molecule has 0 aliphatic carbocycles. The number of nitrogens with zero attached hydrogens (tertiary/aromatic N) is 1. The minimum atomic E-state index is -4.14. The van der Waals surface area contributed by atoms with Crippen molar-refractivity contribution in [1.29, 1.82) is 5.26 Å². The van der Waals surface area contributed by atoms with Gasteiger partial charge in [-0.05, 0) is 48.0 Å². The molecule has 0 unspecified atom stereocenters. The molecule has 0 amide bonds. The third-order valence-corrected chi connectivity index (χ3v) is 5.01. The molecule has 2 aromatic carbocycles. The zero-order valence-corrected chi connectivity index (χ0v) is 15.8. The van der Waals surface area contributed by atoms with E-state index in [1.54, 1.807) is 6.92 Å². The second-order valence-electron chi connectivity index (χ2n) is 4.95. The van der Waals surface area contributed by atoms with Gasteiger partial charge >= 0.3 is 10.1 Å². The monoisotopic (exact) mass is 423 g/mol. The summed E-state index contributed by atoms with van der Waals surface area (Å²) in [6.45, 7) is 3.39. The molecule has 0 saturated heterocycles. The van der Waals surface area contributed by atoms with Crippen molar-refractivity contribution >= 4 is 31.8 Å². The van der Waals surface area contributed by atoms with E-state index in [2.05, 4.69) is 15.9 Å². The Balaban J connectivity index is 2.43. The average Bonchev–Trinajstić information content (AvgIpc) is 2.58. The van der Waals surface area contributed by atoms with Gasteiger partial charge in [-0.25, -0.2) is 0 Å². The second kappa shape index (κ2) is 7.68.